The molecule has 2 N–H and O–H groups in total. The average molecular weight is 390 g/mol. The number of quaternary nitrogens is 1. The molecule has 6 nitrogen and oxygen atoms in total. The number of esters is 1. The van der Waals surface area contributed by atoms with E-state index in [4.69, 9.17) is 9.47 Å². The van der Waals surface area contributed by atoms with Crippen LogP contribution in [0.3, 0.4) is 0 Å². The Morgan fingerprint density at radius 2 is 1.86 bits per heavy atom. The van der Waals surface area contributed by atoms with Crippen molar-refractivity contribution < 1.29 is 24.0 Å². The third-order valence-electron chi connectivity index (χ3n) is 6.23. The Morgan fingerprint density at radius 3 is 2.57 bits per heavy atom. The third kappa shape index (κ3) is 5.79. The lowest BCUT2D eigenvalue weighted by atomic mass is 9.78. The van der Waals surface area contributed by atoms with Gasteiger partial charge in [0.15, 0.2) is 6.61 Å². The van der Waals surface area contributed by atoms with E-state index in [0.717, 1.165) is 45.7 Å². The van der Waals surface area contributed by atoms with Gasteiger partial charge in [-0.3, -0.25) is 4.79 Å². The van der Waals surface area contributed by atoms with Gasteiger partial charge in [0, 0.05) is 11.6 Å². The molecule has 1 aromatic rings. The average Bonchev–Trinajstić information content (AvgIpc) is 2.71. The van der Waals surface area contributed by atoms with Crippen LogP contribution < -0.4 is 10.2 Å². The molecule has 0 radical (unpaired) electrons. The third-order valence-corrected chi connectivity index (χ3v) is 6.23. The van der Waals surface area contributed by atoms with Gasteiger partial charge in [-0.2, -0.15) is 0 Å². The van der Waals surface area contributed by atoms with Gasteiger partial charge < -0.3 is 19.7 Å². The van der Waals surface area contributed by atoms with E-state index in [2.05, 4.69) is 19.2 Å². The molecule has 0 unspecified atom stereocenters. The van der Waals surface area contributed by atoms with E-state index in [1.54, 1.807) is 12.1 Å². The van der Waals surface area contributed by atoms with Gasteiger partial charge in [0.25, 0.3) is 5.91 Å². The molecule has 2 aliphatic rings. The number of carbonyl (C=O) groups excluding carboxylic acids is 2. The summed E-state index contributed by atoms with van der Waals surface area (Å²) in [4.78, 5) is 25.9. The van der Waals surface area contributed by atoms with Crippen LogP contribution in [0.25, 0.3) is 0 Å². The predicted octanol–water partition coefficient (Wildman–Crippen LogP) is 1.20. The predicted molar refractivity (Wildman–Crippen MR) is 106 cm³/mol. The van der Waals surface area contributed by atoms with Gasteiger partial charge in [-0.25, -0.2) is 4.79 Å². The molecule has 3 rings (SSSR count). The second-order valence-corrected chi connectivity index (χ2v) is 8.25. The van der Waals surface area contributed by atoms with Gasteiger partial charge in [-0.15, -0.1) is 0 Å². The number of rotatable bonds is 6. The molecular weight excluding hydrogens is 356 g/mol. The molecule has 1 aromatic carbocycles. The first-order valence-electron chi connectivity index (χ1n) is 10.5. The zero-order chi connectivity index (χ0) is 19.9. The molecule has 0 aromatic heterocycles. The highest BCUT2D eigenvalue weighted by molar-refractivity contribution is 5.91. The van der Waals surface area contributed by atoms with Crippen molar-refractivity contribution in [1.82, 2.24) is 5.32 Å². The fourth-order valence-corrected chi connectivity index (χ4v) is 4.13. The number of hydrogen-bond donors (Lipinski definition) is 2. The number of nitrogens with one attached hydrogen (secondary N) is 2. The maximum atomic E-state index is 12.2. The summed E-state index contributed by atoms with van der Waals surface area (Å²) in [5, 5.41) is 3.03. The first-order valence-corrected chi connectivity index (χ1v) is 10.5. The molecular formula is C22H33N2O4+. The van der Waals surface area contributed by atoms with E-state index in [9.17, 15) is 9.59 Å². The second kappa shape index (κ2) is 10.0. The van der Waals surface area contributed by atoms with Gasteiger partial charge in [0.1, 0.15) is 19.6 Å². The van der Waals surface area contributed by atoms with Crippen LogP contribution in [0, 0.1) is 11.8 Å². The lowest BCUT2D eigenvalue weighted by molar-refractivity contribution is -0.921. The highest BCUT2D eigenvalue weighted by Crippen LogP contribution is 2.29. The summed E-state index contributed by atoms with van der Waals surface area (Å²) in [7, 11) is 0. The minimum atomic E-state index is -0.453. The number of benzene rings is 1. The van der Waals surface area contributed by atoms with Gasteiger partial charge in [0.05, 0.1) is 18.8 Å². The van der Waals surface area contributed by atoms with E-state index in [-0.39, 0.29) is 18.6 Å². The molecule has 2 fully saturated rings. The summed E-state index contributed by atoms with van der Waals surface area (Å²) in [5.74, 6) is 0.395. The standard InChI is InChI=1S/C22H32N2O4/c1-16-4-3-5-20(17(16)2)23-21(25)15-28-22(26)19-8-6-18(7-9-19)14-24-10-12-27-13-11-24/h6-9,16-17,20H,3-5,10-15H2,1-2H3,(H,23,25)/p+1/t16-,17+,20+/m0/s1. The molecule has 0 bridgehead atoms. The van der Waals surface area contributed by atoms with E-state index in [0.29, 0.717) is 17.4 Å². The van der Waals surface area contributed by atoms with Crippen molar-refractivity contribution in [2.45, 2.75) is 45.7 Å². The summed E-state index contributed by atoms with van der Waals surface area (Å²) in [6.07, 6.45) is 3.35. The maximum absolute atomic E-state index is 12.2. The minimum Gasteiger partial charge on any atom is -0.452 e. The summed E-state index contributed by atoms with van der Waals surface area (Å²) in [6, 6.07) is 7.66. The number of ether oxygens (including phenoxy) is 2. The van der Waals surface area contributed by atoms with E-state index < -0.39 is 5.97 Å². The van der Waals surface area contributed by atoms with Gasteiger partial charge in [-0.05, 0) is 30.4 Å². The molecule has 1 heterocycles. The van der Waals surface area contributed by atoms with Crippen molar-refractivity contribution in [2.75, 3.05) is 32.9 Å². The Morgan fingerprint density at radius 1 is 1.14 bits per heavy atom. The van der Waals surface area contributed by atoms with Crippen molar-refractivity contribution in [1.29, 1.82) is 0 Å². The maximum Gasteiger partial charge on any atom is 0.338 e. The van der Waals surface area contributed by atoms with Crippen LogP contribution in [0.1, 0.15) is 49.0 Å². The van der Waals surface area contributed by atoms with Crippen LogP contribution in [0.5, 0.6) is 0 Å². The van der Waals surface area contributed by atoms with Crippen molar-refractivity contribution in [3.05, 3.63) is 35.4 Å². The van der Waals surface area contributed by atoms with E-state index >= 15 is 0 Å². The second-order valence-electron chi connectivity index (χ2n) is 8.25. The van der Waals surface area contributed by atoms with Crippen LogP contribution in [-0.4, -0.2) is 50.8 Å². The van der Waals surface area contributed by atoms with Crippen molar-refractivity contribution >= 4 is 11.9 Å². The number of morpholine rings is 1. The van der Waals surface area contributed by atoms with Crippen LogP contribution in [0.2, 0.25) is 0 Å². The normalized spacial score (nSPS) is 25.9. The fraction of sp³-hybridized carbons (Fsp3) is 0.636. The van der Waals surface area contributed by atoms with Crippen molar-refractivity contribution in [3.8, 4) is 0 Å². The summed E-state index contributed by atoms with van der Waals surface area (Å²) >= 11 is 0. The van der Waals surface area contributed by atoms with E-state index in [1.807, 2.05) is 12.1 Å². The Bertz CT molecular complexity index is 655. The zero-order valence-corrected chi connectivity index (χ0v) is 17.0. The largest absolute Gasteiger partial charge is 0.452 e. The molecule has 6 heteroatoms. The van der Waals surface area contributed by atoms with Gasteiger partial charge >= 0.3 is 5.97 Å². The van der Waals surface area contributed by atoms with Gasteiger partial charge in [0.2, 0.25) is 0 Å². The van der Waals surface area contributed by atoms with Crippen molar-refractivity contribution in [2.24, 2.45) is 11.8 Å². The highest BCUT2D eigenvalue weighted by atomic mass is 16.5. The van der Waals surface area contributed by atoms with Gasteiger partial charge in [-0.1, -0.05) is 38.8 Å². The lowest BCUT2D eigenvalue weighted by Crippen LogP contribution is -3.12. The Kier molecular flexibility index (Phi) is 7.45. The first kappa shape index (κ1) is 20.8. The Labute approximate surface area is 167 Å². The zero-order valence-electron chi connectivity index (χ0n) is 17.0. The first-order chi connectivity index (χ1) is 13.5. The van der Waals surface area contributed by atoms with Crippen LogP contribution in [0.15, 0.2) is 24.3 Å². The van der Waals surface area contributed by atoms with Crippen LogP contribution >= 0.6 is 0 Å². The Balaban J connectivity index is 1.43. The lowest BCUT2D eigenvalue weighted by Gasteiger charge is -2.34. The molecule has 1 amide bonds. The quantitative estimate of drug-likeness (QED) is 0.718. The summed E-state index contributed by atoms with van der Waals surface area (Å²) in [6.45, 7) is 8.75. The van der Waals surface area contributed by atoms with Crippen molar-refractivity contribution in [3.63, 3.8) is 0 Å². The Hall–Kier alpha value is -1.92. The number of hydrogen-bond acceptors (Lipinski definition) is 4. The van der Waals surface area contributed by atoms with Crippen LogP contribution in [-0.2, 0) is 20.8 Å². The summed E-state index contributed by atoms with van der Waals surface area (Å²) in [5.41, 5.74) is 1.67. The smallest absolute Gasteiger partial charge is 0.338 e. The topological polar surface area (TPSA) is 69.1 Å². The minimum absolute atomic E-state index is 0.178. The van der Waals surface area contributed by atoms with Crippen LogP contribution in [0.4, 0.5) is 0 Å². The summed E-state index contributed by atoms with van der Waals surface area (Å²) < 4.78 is 10.6. The molecule has 1 saturated heterocycles. The SMILES string of the molecule is C[C@@H]1[C@@H](C)CCC[C@H]1NC(=O)COC(=O)c1ccc(C[NH+]2CCOCC2)cc1. The highest BCUT2D eigenvalue weighted by Gasteiger charge is 2.28. The molecule has 1 aliphatic carbocycles. The molecule has 1 aliphatic heterocycles. The molecule has 28 heavy (non-hydrogen) atoms. The number of carbonyl (C=O) groups is 2. The fourth-order valence-electron chi connectivity index (χ4n) is 4.13. The molecule has 3 atom stereocenters. The monoisotopic (exact) mass is 389 g/mol. The molecule has 1 saturated carbocycles. The molecule has 154 valence electrons. The number of amides is 1. The molecule has 0 spiro atoms. The van der Waals surface area contributed by atoms with E-state index in [1.165, 1.54) is 16.9 Å².